The van der Waals surface area contributed by atoms with E-state index in [-0.39, 0.29) is 5.92 Å². The van der Waals surface area contributed by atoms with Gasteiger partial charge in [-0.05, 0) is 74.3 Å². The summed E-state index contributed by atoms with van der Waals surface area (Å²) in [7, 11) is 0. The molecular weight excluding hydrogens is 477 g/mol. The monoisotopic (exact) mass is 510 g/mol. The summed E-state index contributed by atoms with van der Waals surface area (Å²) in [5, 5.41) is 0. The predicted molar refractivity (Wildman–Crippen MR) is 118 cm³/mol. The van der Waals surface area contributed by atoms with Crippen LogP contribution in [0.3, 0.4) is 0 Å². The summed E-state index contributed by atoms with van der Waals surface area (Å²) in [5.41, 5.74) is 0. The lowest BCUT2D eigenvalue weighted by Gasteiger charge is -2.37. The van der Waals surface area contributed by atoms with Crippen LogP contribution in [-0.2, 0) is 0 Å². The van der Waals surface area contributed by atoms with E-state index < -0.39 is 36.0 Å². The molecule has 1 aromatic carbocycles. The maximum absolute atomic E-state index is 14.3. The van der Waals surface area contributed by atoms with Crippen molar-refractivity contribution in [1.29, 1.82) is 0 Å². The number of allylic oxidation sites excluding steroid dienone is 1. The van der Waals surface area contributed by atoms with E-state index in [0.717, 1.165) is 43.6 Å². The zero-order valence-electron chi connectivity index (χ0n) is 19.8. The van der Waals surface area contributed by atoms with Gasteiger partial charge < -0.3 is 9.47 Å². The Hall–Kier alpha value is -1.93. The van der Waals surface area contributed by atoms with Crippen LogP contribution >= 0.6 is 0 Å². The van der Waals surface area contributed by atoms with Gasteiger partial charge in [0.2, 0.25) is 0 Å². The van der Waals surface area contributed by atoms with Gasteiger partial charge in [0.15, 0.2) is 11.6 Å². The third-order valence-corrected chi connectivity index (χ3v) is 7.29. The van der Waals surface area contributed by atoms with Gasteiger partial charge in [-0.2, -0.15) is 26.3 Å². The highest BCUT2D eigenvalue weighted by Gasteiger charge is 2.44. The van der Waals surface area contributed by atoms with Gasteiger partial charge in [-0.25, -0.2) is 4.39 Å². The molecule has 0 atom stereocenters. The zero-order chi connectivity index (χ0) is 25.6. The second kappa shape index (κ2) is 11.9. The molecule has 9 heteroatoms. The Morgan fingerprint density at radius 3 is 2.06 bits per heavy atom. The molecule has 0 N–H and O–H groups in total. The Morgan fingerprint density at radius 1 is 0.914 bits per heavy atom. The van der Waals surface area contributed by atoms with Crippen molar-refractivity contribution in [1.82, 2.24) is 0 Å². The van der Waals surface area contributed by atoms with E-state index in [4.69, 9.17) is 0 Å². The molecule has 0 aromatic heterocycles. The fourth-order valence-electron chi connectivity index (χ4n) is 5.42. The molecule has 0 spiro atoms. The first kappa shape index (κ1) is 27.7. The van der Waals surface area contributed by atoms with Crippen molar-refractivity contribution in [3.63, 3.8) is 0 Å². The summed E-state index contributed by atoms with van der Waals surface area (Å²) in [5.74, 6) is -1.12. The van der Waals surface area contributed by atoms with Crippen molar-refractivity contribution < 1.29 is 40.2 Å². The second-order valence-electron chi connectivity index (χ2n) is 9.82. The number of alkyl halides is 6. The minimum Gasteiger partial charge on any atom is -0.429 e. The molecule has 2 fully saturated rings. The van der Waals surface area contributed by atoms with Crippen molar-refractivity contribution in [2.24, 2.45) is 23.7 Å². The molecule has 0 amide bonds. The highest BCUT2D eigenvalue weighted by molar-refractivity contribution is 5.33. The highest BCUT2D eigenvalue weighted by Crippen LogP contribution is 2.42. The van der Waals surface area contributed by atoms with E-state index >= 15 is 0 Å². The van der Waals surface area contributed by atoms with Gasteiger partial charge in [0, 0.05) is 12.1 Å². The topological polar surface area (TPSA) is 18.5 Å². The number of rotatable bonds is 10. The van der Waals surface area contributed by atoms with Crippen LogP contribution in [0.25, 0.3) is 0 Å². The molecule has 198 valence electrons. The summed E-state index contributed by atoms with van der Waals surface area (Å²) in [6.07, 6.45) is 0.542. The first-order chi connectivity index (χ1) is 16.5. The van der Waals surface area contributed by atoms with Crippen LogP contribution in [-0.4, -0.2) is 18.6 Å². The van der Waals surface area contributed by atoms with Gasteiger partial charge in [0.25, 0.3) is 0 Å². The minimum atomic E-state index is -4.91. The van der Waals surface area contributed by atoms with Crippen LogP contribution in [0.5, 0.6) is 11.5 Å². The number of hydrogen-bond acceptors (Lipinski definition) is 2. The quantitative estimate of drug-likeness (QED) is 0.231. The van der Waals surface area contributed by atoms with E-state index in [2.05, 4.69) is 16.4 Å². The lowest BCUT2D eigenvalue weighted by atomic mass is 9.69. The second-order valence-corrected chi connectivity index (χ2v) is 9.82. The molecule has 2 aliphatic rings. The molecule has 0 bridgehead atoms. The Balaban J connectivity index is 1.48. The largest absolute Gasteiger partial charge is 0.461 e. The van der Waals surface area contributed by atoms with E-state index in [0.29, 0.717) is 24.1 Å². The van der Waals surface area contributed by atoms with Gasteiger partial charge >= 0.3 is 18.6 Å². The van der Waals surface area contributed by atoms with Crippen molar-refractivity contribution >= 4 is 0 Å². The molecule has 0 unspecified atom stereocenters. The van der Waals surface area contributed by atoms with E-state index in [1.165, 1.54) is 44.6 Å². The standard InChI is InChI=1S/C26H33F7O2/c1-2-3-17-4-8-19(9-5-17)20-10-6-18(7-11-20)14-15-25(30,31)34-21-12-13-23(22(27)16-21)35-26(32,33)24(28)29/h12-20,24H,2-11H2,1H3. The van der Waals surface area contributed by atoms with E-state index in [1.54, 1.807) is 0 Å². The zero-order valence-corrected chi connectivity index (χ0v) is 19.8. The Bertz CT molecular complexity index is 827. The number of ether oxygens (including phenoxy) is 2. The first-order valence-electron chi connectivity index (χ1n) is 12.4. The van der Waals surface area contributed by atoms with Gasteiger partial charge in [-0.3, -0.25) is 0 Å². The minimum absolute atomic E-state index is 0.00115. The maximum atomic E-state index is 14.3. The van der Waals surface area contributed by atoms with Gasteiger partial charge in [-0.15, -0.1) is 0 Å². The summed E-state index contributed by atoms with van der Waals surface area (Å²) < 4.78 is 101. The van der Waals surface area contributed by atoms with Gasteiger partial charge in [0.1, 0.15) is 5.75 Å². The van der Waals surface area contributed by atoms with Crippen LogP contribution in [0, 0.1) is 29.5 Å². The van der Waals surface area contributed by atoms with Crippen molar-refractivity contribution in [3.8, 4) is 11.5 Å². The Labute approximate surface area is 201 Å². The van der Waals surface area contributed by atoms with Crippen LogP contribution in [0.2, 0.25) is 0 Å². The average molecular weight is 511 g/mol. The normalized spacial score (nSPS) is 26.3. The third kappa shape index (κ3) is 8.04. The molecule has 1 aromatic rings. The van der Waals surface area contributed by atoms with Crippen LogP contribution in [0.15, 0.2) is 30.4 Å². The maximum Gasteiger partial charge on any atom is 0.461 e. The first-order valence-corrected chi connectivity index (χ1v) is 12.4. The van der Waals surface area contributed by atoms with Crippen LogP contribution in [0.1, 0.15) is 71.1 Å². The van der Waals surface area contributed by atoms with Crippen molar-refractivity contribution in [2.45, 2.75) is 89.8 Å². The number of hydrogen-bond donors (Lipinski definition) is 0. The Morgan fingerprint density at radius 2 is 1.51 bits per heavy atom. The highest BCUT2D eigenvalue weighted by atomic mass is 19.3. The SMILES string of the molecule is CCCC1CCC(C2CCC(C=CC(F)(F)Oc3ccc(OC(F)(F)C(F)F)c(F)c3)CC2)CC1. The smallest absolute Gasteiger partial charge is 0.429 e. The molecule has 2 nitrogen and oxygen atoms in total. The predicted octanol–water partition coefficient (Wildman–Crippen LogP) is 9.00. The summed E-state index contributed by atoms with van der Waals surface area (Å²) in [4.78, 5) is 0. The van der Waals surface area contributed by atoms with Crippen LogP contribution < -0.4 is 9.47 Å². The third-order valence-electron chi connectivity index (χ3n) is 7.29. The Kier molecular flexibility index (Phi) is 9.38. The molecule has 0 saturated heterocycles. The fraction of sp³-hybridized carbons (Fsp3) is 0.692. The molecule has 35 heavy (non-hydrogen) atoms. The molecule has 2 saturated carbocycles. The molecule has 0 radical (unpaired) electrons. The van der Waals surface area contributed by atoms with Crippen LogP contribution in [0.4, 0.5) is 30.7 Å². The van der Waals surface area contributed by atoms with Crippen molar-refractivity contribution in [2.75, 3.05) is 0 Å². The summed E-state index contributed by atoms with van der Waals surface area (Å²) >= 11 is 0. The number of halogens is 7. The average Bonchev–Trinajstić information content (AvgIpc) is 2.80. The fourth-order valence-corrected chi connectivity index (χ4v) is 5.42. The van der Waals surface area contributed by atoms with Crippen molar-refractivity contribution in [3.05, 3.63) is 36.2 Å². The molecule has 2 aliphatic carbocycles. The van der Waals surface area contributed by atoms with E-state index in [1.807, 2.05) is 0 Å². The van der Waals surface area contributed by atoms with Gasteiger partial charge in [0.05, 0.1) is 0 Å². The lowest BCUT2D eigenvalue weighted by Crippen LogP contribution is -2.33. The summed E-state index contributed by atoms with van der Waals surface area (Å²) in [6, 6.07) is 1.68. The van der Waals surface area contributed by atoms with Gasteiger partial charge in [-0.1, -0.05) is 38.7 Å². The molecule has 3 rings (SSSR count). The summed E-state index contributed by atoms with van der Waals surface area (Å²) in [6.45, 7) is 2.22. The van der Waals surface area contributed by atoms with E-state index in [9.17, 15) is 30.7 Å². The molecular formula is C26H33F7O2. The molecule has 0 heterocycles. The lowest BCUT2D eigenvalue weighted by molar-refractivity contribution is -0.254. The molecule has 0 aliphatic heterocycles. The number of benzene rings is 1.